The Balaban J connectivity index is 2.35. The number of aromatic nitrogens is 4. The molecule has 0 aliphatic heterocycles. The zero-order chi connectivity index (χ0) is 11.4. The maximum absolute atomic E-state index is 4.04. The van der Waals surface area contributed by atoms with Gasteiger partial charge in [-0.3, -0.25) is 0 Å². The quantitative estimate of drug-likeness (QED) is 0.866. The molecule has 1 N–H and O–H groups in total. The van der Waals surface area contributed by atoms with Crippen molar-refractivity contribution in [3.05, 3.63) is 34.9 Å². The lowest BCUT2D eigenvalue weighted by atomic mass is 10.1. The lowest BCUT2D eigenvalue weighted by Crippen LogP contribution is -2.22. The molecule has 84 valence electrons. The Morgan fingerprint density at radius 2 is 2.12 bits per heavy atom. The minimum atomic E-state index is 0.0891. The highest BCUT2D eigenvalue weighted by molar-refractivity contribution is 7.05. The fourth-order valence-electron chi connectivity index (χ4n) is 1.53. The van der Waals surface area contributed by atoms with Crippen molar-refractivity contribution in [2.24, 2.45) is 0 Å². The summed E-state index contributed by atoms with van der Waals surface area (Å²) >= 11 is 1.41. The Labute approximate surface area is 98.1 Å². The van der Waals surface area contributed by atoms with Crippen LogP contribution < -0.4 is 5.32 Å². The van der Waals surface area contributed by atoms with Gasteiger partial charge < -0.3 is 5.32 Å². The van der Waals surface area contributed by atoms with E-state index in [1.807, 2.05) is 19.3 Å². The summed E-state index contributed by atoms with van der Waals surface area (Å²) in [6.07, 6.45) is 5.17. The summed E-state index contributed by atoms with van der Waals surface area (Å²) in [4.78, 5) is 9.20. The molecule has 2 aromatic rings. The van der Waals surface area contributed by atoms with E-state index in [1.165, 1.54) is 17.9 Å². The zero-order valence-electron chi connectivity index (χ0n) is 9.21. The van der Waals surface area contributed by atoms with Gasteiger partial charge in [0.15, 0.2) is 0 Å². The molecule has 0 saturated heterocycles. The largest absolute Gasteiger partial charge is 0.306 e. The SMILES string of the molecule is CCNC(c1cncnc1)c1snnc1C. The van der Waals surface area contributed by atoms with Crippen LogP contribution >= 0.6 is 11.5 Å². The molecular formula is C10H13N5S. The monoisotopic (exact) mass is 235 g/mol. The van der Waals surface area contributed by atoms with Crippen LogP contribution in [0.5, 0.6) is 0 Å². The van der Waals surface area contributed by atoms with Gasteiger partial charge >= 0.3 is 0 Å². The van der Waals surface area contributed by atoms with Crippen LogP contribution in [0, 0.1) is 6.92 Å². The average Bonchev–Trinajstić information content (AvgIpc) is 2.73. The van der Waals surface area contributed by atoms with Crippen molar-refractivity contribution in [2.45, 2.75) is 19.9 Å². The van der Waals surface area contributed by atoms with Gasteiger partial charge in [-0.25, -0.2) is 9.97 Å². The summed E-state index contributed by atoms with van der Waals surface area (Å²) in [6.45, 7) is 4.91. The molecule has 0 bridgehead atoms. The predicted molar refractivity (Wildman–Crippen MR) is 62.2 cm³/mol. The van der Waals surface area contributed by atoms with Crippen molar-refractivity contribution in [1.82, 2.24) is 24.9 Å². The summed E-state index contributed by atoms with van der Waals surface area (Å²) in [7, 11) is 0. The number of nitrogens with zero attached hydrogens (tertiary/aromatic N) is 4. The van der Waals surface area contributed by atoms with E-state index in [2.05, 4.69) is 31.8 Å². The van der Waals surface area contributed by atoms with Crippen LogP contribution in [0.15, 0.2) is 18.7 Å². The van der Waals surface area contributed by atoms with Crippen LogP contribution in [-0.4, -0.2) is 26.1 Å². The Kier molecular flexibility index (Phi) is 3.53. The zero-order valence-corrected chi connectivity index (χ0v) is 10.0. The van der Waals surface area contributed by atoms with Gasteiger partial charge in [0.05, 0.1) is 16.6 Å². The third-order valence-corrected chi connectivity index (χ3v) is 3.16. The molecule has 16 heavy (non-hydrogen) atoms. The van der Waals surface area contributed by atoms with Gasteiger partial charge in [-0.2, -0.15) is 0 Å². The third-order valence-electron chi connectivity index (χ3n) is 2.27. The molecule has 2 aromatic heterocycles. The van der Waals surface area contributed by atoms with E-state index < -0.39 is 0 Å². The number of hydrogen-bond acceptors (Lipinski definition) is 6. The van der Waals surface area contributed by atoms with E-state index in [9.17, 15) is 0 Å². The molecule has 0 spiro atoms. The van der Waals surface area contributed by atoms with Gasteiger partial charge in [-0.1, -0.05) is 11.4 Å². The Bertz CT molecular complexity index is 441. The topological polar surface area (TPSA) is 63.6 Å². The number of rotatable bonds is 4. The highest BCUT2D eigenvalue weighted by Crippen LogP contribution is 2.25. The first-order valence-corrected chi connectivity index (χ1v) is 5.87. The molecule has 5 nitrogen and oxygen atoms in total. The summed E-state index contributed by atoms with van der Waals surface area (Å²) < 4.78 is 3.96. The molecule has 0 amide bonds. The van der Waals surface area contributed by atoms with Crippen molar-refractivity contribution in [3.63, 3.8) is 0 Å². The molecule has 0 saturated carbocycles. The van der Waals surface area contributed by atoms with Crippen LogP contribution in [0.1, 0.15) is 29.1 Å². The lowest BCUT2D eigenvalue weighted by Gasteiger charge is -2.15. The van der Waals surface area contributed by atoms with E-state index in [4.69, 9.17) is 0 Å². The van der Waals surface area contributed by atoms with Gasteiger partial charge in [0.25, 0.3) is 0 Å². The molecule has 2 heterocycles. The third kappa shape index (κ3) is 2.23. The Hall–Kier alpha value is -1.40. The lowest BCUT2D eigenvalue weighted by molar-refractivity contribution is 0.630. The maximum atomic E-state index is 4.04. The first kappa shape index (κ1) is 11.1. The van der Waals surface area contributed by atoms with Crippen molar-refractivity contribution >= 4 is 11.5 Å². The van der Waals surface area contributed by atoms with Crippen molar-refractivity contribution in [3.8, 4) is 0 Å². The van der Waals surface area contributed by atoms with Gasteiger partial charge in [0.2, 0.25) is 0 Å². The highest BCUT2D eigenvalue weighted by Gasteiger charge is 2.18. The van der Waals surface area contributed by atoms with E-state index in [-0.39, 0.29) is 6.04 Å². The molecule has 0 fully saturated rings. The molecule has 0 aliphatic rings. The van der Waals surface area contributed by atoms with Gasteiger partial charge in [0.1, 0.15) is 6.33 Å². The minimum absolute atomic E-state index is 0.0891. The van der Waals surface area contributed by atoms with E-state index in [1.54, 1.807) is 0 Å². The molecule has 1 atom stereocenters. The first-order chi connectivity index (χ1) is 7.83. The highest BCUT2D eigenvalue weighted by atomic mass is 32.1. The molecule has 2 rings (SSSR count). The molecule has 0 radical (unpaired) electrons. The van der Waals surface area contributed by atoms with Gasteiger partial charge in [0, 0.05) is 18.0 Å². The second-order valence-corrected chi connectivity index (χ2v) is 4.17. The van der Waals surface area contributed by atoms with Gasteiger partial charge in [-0.05, 0) is 25.0 Å². The predicted octanol–water partition coefficient (Wildman–Crippen LogP) is 1.34. The van der Waals surface area contributed by atoms with Crippen molar-refractivity contribution in [1.29, 1.82) is 0 Å². The van der Waals surface area contributed by atoms with Crippen LogP contribution in [0.25, 0.3) is 0 Å². The fraction of sp³-hybridized carbons (Fsp3) is 0.400. The van der Waals surface area contributed by atoms with E-state index >= 15 is 0 Å². The fourth-order valence-corrected chi connectivity index (χ4v) is 2.28. The normalized spacial score (nSPS) is 12.6. The average molecular weight is 235 g/mol. The second kappa shape index (κ2) is 5.09. The Morgan fingerprint density at radius 1 is 1.38 bits per heavy atom. The summed E-state index contributed by atoms with van der Waals surface area (Å²) in [5.41, 5.74) is 2.00. The van der Waals surface area contributed by atoms with Crippen LogP contribution in [0.3, 0.4) is 0 Å². The molecule has 0 aliphatic carbocycles. The second-order valence-electron chi connectivity index (χ2n) is 3.39. The maximum Gasteiger partial charge on any atom is 0.115 e. The number of aryl methyl sites for hydroxylation is 1. The number of hydrogen-bond donors (Lipinski definition) is 1. The Morgan fingerprint density at radius 3 is 2.69 bits per heavy atom. The molecular weight excluding hydrogens is 222 g/mol. The smallest absolute Gasteiger partial charge is 0.115 e. The van der Waals surface area contributed by atoms with Crippen LogP contribution in [0.2, 0.25) is 0 Å². The summed E-state index contributed by atoms with van der Waals surface area (Å²) in [5.74, 6) is 0. The van der Waals surface area contributed by atoms with Gasteiger partial charge in [-0.15, -0.1) is 5.10 Å². The van der Waals surface area contributed by atoms with Crippen molar-refractivity contribution < 1.29 is 0 Å². The summed E-state index contributed by atoms with van der Waals surface area (Å²) in [5, 5.41) is 7.43. The number of nitrogens with one attached hydrogen (secondary N) is 1. The standard InChI is InChI=1S/C10H13N5S/c1-3-13-9(8-4-11-6-12-5-8)10-7(2)14-15-16-10/h4-6,9,13H,3H2,1-2H3. The molecule has 0 aromatic carbocycles. The molecule has 6 heteroatoms. The minimum Gasteiger partial charge on any atom is -0.306 e. The molecule has 1 unspecified atom stereocenters. The van der Waals surface area contributed by atoms with E-state index in [0.29, 0.717) is 0 Å². The van der Waals surface area contributed by atoms with Crippen LogP contribution in [-0.2, 0) is 0 Å². The van der Waals surface area contributed by atoms with Crippen molar-refractivity contribution in [2.75, 3.05) is 6.54 Å². The summed E-state index contributed by atoms with van der Waals surface area (Å²) in [6, 6.07) is 0.0891. The first-order valence-electron chi connectivity index (χ1n) is 5.10. The van der Waals surface area contributed by atoms with E-state index in [0.717, 1.165) is 22.7 Å². The van der Waals surface area contributed by atoms with Crippen LogP contribution in [0.4, 0.5) is 0 Å².